The molecule has 0 aromatic heterocycles. The summed E-state index contributed by atoms with van der Waals surface area (Å²) in [6.45, 7) is 0.751. The molecule has 2 aromatic carbocycles. The summed E-state index contributed by atoms with van der Waals surface area (Å²) in [5, 5.41) is 0. The maximum atomic E-state index is 13.0. The van der Waals surface area contributed by atoms with Crippen LogP contribution in [0.15, 0.2) is 47.4 Å². The van der Waals surface area contributed by atoms with Crippen LogP contribution in [-0.4, -0.2) is 27.6 Å². The van der Waals surface area contributed by atoms with Gasteiger partial charge in [-0.15, -0.1) is 0 Å². The molecule has 0 atom stereocenters. The van der Waals surface area contributed by atoms with Crippen LogP contribution in [0.4, 0.5) is 18.9 Å². The van der Waals surface area contributed by atoms with E-state index in [9.17, 15) is 21.6 Å². The van der Waals surface area contributed by atoms with E-state index in [1.165, 1.54) is 25.3 Å². The Bertz CT molecular complexity index is 894. The van der Waals surface area contributed by atoms with E-state index in [1.54, 1.807) is 4.90 Å². The molecule has 0 amide bonds. The van der Waals surface area contributed by atoms with Crippen molar-refractivity contribution in [2.45, 2.75) is 23.4 Å². The number of hydrogen-bond donors (Lipinski definition) is 0. The molecule has 25 heavy (non-hydrogen) atoms. The number of fused-ring (bicyclic) bond motifs is 1. The first kappa shape index (κ1) is 17.6. The third-order valence-corrected chi connectivity index (χ3v) is 5.76. The molecule has 0 fully saturated rings. The van der Waals surface area contributed by atoms with Crippen molar-refractivity contribution in [3.8, 4) is 5.75 Å². The van der Waals surface area contributed by atoms with Crippen molar-refractivity contribution in [1.82, 2.24) is 0 Å². The number of halogens is 3. The predicted octanol–water partition coefficient (Wildman–Crippen LogP) is 3.55. The van der Waals surface area contributed by atoms with E-state index >= 15 is 0 Å². The lowest BCUT2D eigenvalue weighted by atomic mass is 9.99. The van der Waals surface area contributed by atoms with Crippen molar-refractivity contribution in [2.75, 3.05) is 18.6 Å². The second kappa shape index (κ2) is 6.25. The molecule has 4 nitrogen and oxygen atoms in total. The van der Waals surface area contributed by atoms with Gasteiger partial charge in [0.05, 0.1) is 17.7 Å². The number of nitrogens with zero attached hydrogens (tertiary/aromatic N) is 1. The SMILES string of the molecule is COc1ccc2c(c1)CN(c1ccccc1S(=O)(=O)C(F)(F)F)CC2. The van der Waals surface area contributed by atoms with Gasteiger partial charge in [0.2, 0.25) is 0 Å². The summed E-state index contributed by atoms with van der Waals surface area (Å²) < 4.78 is 67.9. The third-order valence-electron chi connectivity index (χ3n) is 4.23. The molecule has 2 aromatic rings. The van der Waals surface area contributed by atoms with Crippen LogP contribution in [-0.2, 0) is 22.8 Å². The Labute approximate surface area is 143 Å². The van der Waals surface area contributed by atoms with E-state index in [0.29, 0.717) is 25.3 Å². The Kier molecular flexibility index (Phi) is 4.40. The first-order chi connectivity index (χ1) is 11.7. The Morgan fingerprint density at radius 2 is 1.80 bits per heavy atom. The highest BCUT2D eigenvalue weighted by atomic mass is 32.2. The second-order valence-electron chi connectivity index (χ2n) is 5.72. The zero-order valence-electron chi connectivity index (χ0n) is 13.4. The summed E-state index contributed by atoms with van der Waals surface area (Å²) in [6, 6.07) is 10.8. The predicted molar refractivity (Wildman–Crippen MR) is 87.4 cm³/mol. The molecular formula is C17H16F3NO3S. The van der Waals surface area contributed by atoms with Crippen LogP contribution >= 0.6 is 0 Å². The molecule has 1 aliphatic rings. The van der Waals surface area contributed by atoms with Crippen molar-refractivity contribution < 1.29 is 26.3 Å². The highest BCUT2D eigenvalue weighted by Gasteiger charge is 2.48. The summed E-state index contributed by atoms with van der Waals surface area (Å²) in [5.41, 5.74) is -3.29. The topological polar surface area (TPSA) is 46.6 Å². The Hall–Kier alpha value is -2.22. The molecule has 8 heteroatoms. The van der Waals surface area contributed by atoms with Crippen molar-refractivity contribution in [2.24, 2.45) is 0 Å². The smallest absolute Gasteiger partial charge is 0.497 e. The van der Waals surface area contributed by atoms with Gasteiger partial charge in [-0.2, -0.15) is 13.2 Å². The molecule has 0 saturated heterocycles. The number of methoxy groups -OCH3 is 1. The van der Waals surface area contributed by atoms with Crippen molar-refractivity contribution in [3.05, 3.63) is 53.6 Å². The molecule has 0 bridgehead atoms. The number of sulfone groups is 1. The summed E-state index contributed by atoms with van der Waals surface area (Å²) in [7, 11) is -3.88. The number of para-hydroxylation sites is 1. The normalized spacial score (nSPS) is 15.0. The summed E-state index contributed by atoms with van der Waals surface area (Å²) in [6.07, 6.45) is 0.611. The van der Waals surface area contributed by atoms with E-state index in [2.05, 4.69) is 0 Å². The van der Waals surface area contributed by atoms with E-state index < -0.39 is 20.2 Å². The maximum absolute atomic E-state index is 13.0. The van der Waals surface area contributed by atoms with Gasteiger partial charge in [-0.05, 0) is 41.8 Å². The van der Waals surface area contributed by atoms with Gasteiger partial charge in [-0.3, -0.25) is 0 Å². The zero-order chi connectivity index (χ0) is 18.2. The van der Waals surface area contributed by atoms with Crippen LogP contribution in [0.3, 0.4) is 0 Å². The number of hydrogen-bond acceptors (Lipinski definition) is 4. The van der Waals surface area contributed by atoms with Gasteiger partial charge >= 0.3 is 5.51 Å². The van der Waals surface area contributed by atoms with Crippen LogP contribution in [0.25, 0.3) is 0 Å². The van der Waals surface area contributed by atoms with Crippen molar-refractivity contribution in [3.63, 3.8) is 0 Å². The monoisotopic (exact) mass is 371 g/mol. The molecule has 0 saturated carbocycles. The Morgan fingerprint density at radius 1 is 1.08 bits per heavy atom. The van der Waals surface area contributed by atoms with Crippen LogP contribution in [0.5, 0.6) is 5.75 Å². The lowest BCUT2D eigenvalue weighted by molar-refractivity contribution is -0.0435. The Balaban J connectivity index is 2.02. The van der Waals surface area contributed by atoms with E-state index in [0.717, 1.165) is 17.2 Å². The van der Waals surface area contributed by atoms with Crippen LogP contribution < -0.4 is 9.64 Å². The summed E-state index contributed by atoms with van der Waals surface area (Å²) in [5.74, 6) is 0.650. The molecule has 0 radical (unpaired) electrons. The lowest BCUT2D eigenvalue weighted by Crippen LogP contribution is -2.33. The number of benzene rings is 2. The van der Waals surface area contributed by atoms with Gasteiger partial charge in [-0.25, -0.2) is 8.42 Å². The van der Waals surface area contributed by atoms with Crippen molar-refractivity contribution in [1.29, 1.82) is 0 Å². The molecular weight excluding hydrogens is 355 g/mol. The molecule has 0 aliphatic carbocycles. The third kappa shape index (κ3) is 3.18. The fourth-order valence-electron chi connectivity index (χ4n) is 2.94. The van der Waals surface area contributed by atoms with Gasteiger partial charge in [-0.1, -0.05) is 18.2 Å². The standard InChI is InChI=1S/C17H16F3NO3S/c1-24-14-7-6-12-8-9-21(11-13(12)10-14)15-4-2-3-5-16(15)25(22,23)17(18,19)20/h2-7,10H,8-9,11H2,1H3. The van der Waals surface area contributed by atoms with Crippen LogP contribution in [0.1, 0.15) is 11.1 Å². The number of anilines is 1. The molecule has 1 heterocycles. The van der Waals surface area contributed by atoms with E-state index in [1.807, 2.05) is 18.2 Å². The summed E-state index contributed by atoms with van der Waals surface area (Å²) in [4.78, 5) is 0.939. The Morgan fingerprint density at radius 3 is 2.48 bits per heavy atom. The van der Waals surface area contributed by atoms with Gasteiger partial charge in [0.1, 0.15) is 5.75 Å². The maximum Gasteiger partial charge on any atom is 0.501 e. The van der Waals surface area contributed by atoms with E-state index in [-0.39, 0.29) is 5.69 Å². The van der Waals surface area contributed by atoms with Gasteiger partial charge in [0.15, 0.2) is 0 Å². The van der Waals surface area contributed by atoms with Crippen LogP contribution in [0, 0.1) is 0 Å². The molecule has 0 unspecified atom stereocenters. The second-order valence-corrected chi connectivity index (χ2v) is 7.63. The van der Waals surface area contributed by atoms with Gasteiger partial charge < -0.3 is 9.64 Å². The van der Waals surface area contributed by atoms with Crippen molar-refractivity contribution >= 4 is 15.5 Å². The highest BCUT2D eigenvalue weighted by Crippen LogP contribution is 2.37. The van der Waals surface area contributed by atoms with Gasteiger partial charge in [0.25, 0.3) is 9.84 Å². The minimum Gasteiger partial charge on any atom is -0.497 e. The van der Waals surface area contributed by atoms with Gasteiger partial charge in [0, 0.05) is 13.1 Å². The summed E-state index contributed by atoms with van der Waals surface area (Å²) >= 11 is 0. The average molecular weight is 371 g/mol. The molecule has 3 rings (SSSR count). The molecule has 0 N–H and O–H groups in total. The largest absolute Gasteiger partial charge is 0.501 e. The molecule has 0 spiro atoms. The number of alkyl halides is 3. The molecule has 134 valence electrons. The first-order valence-electron chi connectivity index (χ1n) is 7.55. The molecule has 1 aliphatic heterocycles. The minimum absolute atomic E-state index is 0.0632. The average Bonchev–Trinajstić information content (AvgIpc) is 2.59. The number of ether oxygens (including phenoxy) is 1. The van der Waals surface area contributed by atoms with Crippen LogP contribution in [0.2, 0.25) is 0 Å². The fraction of sp³-hybridized carbons (Fsp3) is 0.294. The quantitative estimate of drug-likeness (QED) is 0.828. The highest BCUT2D eigenvalue weighted by molar-refractivity contribution is 7.92. The zero-order valence-corrected chi connectivity index (χ0v) is 14.2. The lowest BCUT2D eigenvalue weighted by Gasteiger charge is -2.32. The first-order valence-corrected chi connectivity index (χ1v) is 9.03. The fourth-order valence-corrected chi connectivity index (χ4v) is 3.92. The van der Waals surface area contributed by atoms with E-state index in [4.69, 9.17) is 4.74 Å². The number of rotatable bonds is 3. The minimum atomic E-state index is -5.41.